The molecule has 1 amide bonds. The molecule has 132 valence electrons. The van der Waals surface area contributed by atoms with Gasteiger partial charge in [0.05, 0.1) is 11.5 Å². The van der Waals surface area contributed by atoms with Crippen LogP contribution in [0.15, 0.2) is 60.7 Å². The van der Waals surface area contributed by atoms with Gasteiger partial charge in [0.15, 0.2) is 0 Å². The van der Waals surface area contributed by atoms with Gasteiger partial charge in [-0.3, -0.25) is 14.9 Å². The van der Waals surface area contributed by atoms with Gasteiger partial charge in [-0.15, -0.1) is 0 Å². The van der Waals surface area contributed by atoms with E-state index in [0.717, 1.165) is 16.5 Å². The molecule has 0 aliphatic heterocycles. The van der Waals surface area contributed by atoms with Crippen molar-refractivity contribution in [3.05, 3.63) is 81.9 Å². The van der Waals surface area contributed by atoms with Crippen molar-refractivity contribution in [1.82, 2.24) is 5.32 Å². The zero-order valence-electron chi connectivity index (χ0n) is 14.3. The lowest BCUT2D eigenvalue weighted by molar-refractivity contribution is -0.385. The minimum Gasteiger partial charge on any atom is -0.492 e. The Morgan fingerprint density at radius 3 is 2.62 bits per heavy atom. The van der Waals surface area contributed by atoms with Gasteiger partial charge in [-0.1, -0.05) is 36.4 Å². The minimum absolute atomic E-state index is 0.0648. The molecule has 0 aliphatic carbocycles. The van der Waals surface area contributed by atoms with Gasteiger partial charge in [0, 0.05) is 17.2 Å². The summed E-state index contributed by atoms with van der Waals surface area (Å²) >= 11 is 0. The Bertz CT molecular complexity index is 969. The smallest absolute Gasteiger partial charge is 0.273 e. The van der Waals surface area contributed by atoms with Crippen LogP contribution in [0.4, 0.5) is 5.69 Å². The van der Waals surface area contributed by atoms with Crippen molar-refractivity contribution < 1.29 is 14.5 Å². The number of fused-ring (bicyclic) bond motifs is 1. The first kappa shape index (κ1) is 17.4. The van der Waals surface area contributed by atoms with Crippen LogP contribution in [0.3, 0.4) is 0 Å². The van der Waals surface area contributed by atoms with Gasteiger partial charge < -0.3 is 10.1 Å². The SMILES string of the molecule is Cc1c(C(=O)NCCOc2ccc3ccccc3c2)cccc1[N+](=O)[O-]. The number of hydrogen-bond acceptors (Lipinski definition) is 4. The molecule has 0 bridgehead atoms. The van der Waals surface area contributed by atoms with Crippen LogP contribution in [0.2, 0.25) is 0 Å². The van der Waals surface area contributed by atoms with E-state index in [-0.39, 0.29) is 11.6 Å². The third-order valence-electron chi connectivity index (χ3n) is 4.12. The zero-order chi connectivity index (χ0) is 18.5. The number of nitrogens with one attached hydrogen (secondary N) is 1. The van der Waals surface area contributed by atoms with Crippen LogP contribution in [-0.2, 0) is 0 Å². The highest BCUT2D eigenvalue weighted by molar-refractivity contribution is 5.96. The highest BCUT2D eigenvalue weighted by Gasteiger charge is 2.17. The molecule has 0 fully saturated rings. The van der Waals surface area contributed by atoms with Crippen molar-refractivity contribution in [1.29, 1.82) is 0 Å². The van der Waals surface area contributed by atoms with Crippen LogP contribution in [0.1, 0.15) is 15.9 Å². The molecule has 0 atom stereocenters. The molecular formula is C20H18N2O4. The van der Waals surface area contributed by atoms with Crippen molar-refractivity contribution in [2.24, 2.45) is 0 Å². The van der Waals surface area contributed by atoms with E-state index in [1.807, 2.05) is 42.5 Å². The van der Waals surface area contributed by atoms with Gasteiger partial charge in [0.1, 0.15) is 12.4 Å². The van der Waals surface area contributed by atoms with Crippen molar-refractivity contribution in [3.8, 4) is 5.75 Å². The molecule has 6 heteroatoms. The third-order valence-corrected chi connectivity index (χ3v) is 4.12. The second-order valence-electron chi connectivity index (χ2n) is 5.82. The summed E-state index contributed by atoms with van der Waals surface area (Å²) in [6.45, 7) is 2.17. The summed E-state index contributed by atoms with van der Waals surface area (Å²) in [6, 6.07) is 18.3. The number of rotatable bonds is 6. The highest BCUT2D eigenvalue weighted by atomic mass is 16.6. The molecule has 0 heterocycles. The standard InChI is InChI=1S/C20H18N2O4/c1-14-18(7-4-8-19(14)22(24)25)20(23)21-11-12-26-17-10-9-15-5-2-3-6-16(15)13-17/h2-10,13H,11-12H2,1H3,(H,21,23). The monoisotopic (exact) mass is 350 g/mol. The van der Waals surface area contributed by atoms with Crippen molar-refractivity contribution in [2.45, 2.75) is 6.92 Å². The summed E-state index contributed by atoms with van der Waals surface area (Å²) in [7, 11) is 0. The minimum atomic E-state index is -0.491. The van der Waals surface area contributed by atoms with E-state index in [4.69, 9.17) is 4.74 Å². The topological polar surface area (TPSA) is 81.5 Å². The van der Waals surface area contributed by atoms with Crippen molar-refractivity contribution in [3.63, 3.8) is 0 Å². The van der Waals surface area contributed by atoms with Crippen LogP contribution in [-0.4, -0.2) is 24.0 Å². The lowest BCUT2D eigenvalue weighted by atomic mass is 10.1. The molecule has 0 saturated carbocycles. The molecule has 0 unspecified atom stereocenters. The van der Waals surface area contributed by atoms with Gasteiger partial charge in [-0.25, -0.2) is 0 Å². The summed E-state index contributed by atoms with van der Waals surface area (Å²) in [5, 5.41) is 15.9. The molecule has 6 nitrogen and oxygen atoms in total. The van der Waals surface area contributed by atoms with Gasteiger partial charge in [0.2, 0.25) is 0 Å². The van der Waals surface area contributed by atoms with E-state index < -0.39 is 4.92 Å². The summed E-state index contributed by atoms with van der Waals surface area (Å²) in [5.74, 6) is 0.373. The second kappa shape index (κ2) is 7.65. The molecule has 0 aromatic heterocycles. The first-order valence-corrected chi connectivity index (χ1v) is 8.20. The Balaban J connectivity index is 1.57. The number of amides is 1. The summed E-state index contributed by atoms with van der Waals surface area (Å²) < 4.78 is 5.67. The summed E-state index contributed by atoms with van der Waals surface area (Å²) in [4.78, 5) is 22.7. The van der Waals surface area contributed by atoms with E-state index in [1.54, 1.807) is 13.0 Å². The largest absolute Gasteiger partial charge is 0.492 e. The fourth-order valence-corrected chi connectivity index (χ4v) is 2.75. The molecule has 0 radical (unpaired) electrons. The van der Waals surface area contributed by atoms with Crippen LogP contribution in [0.5, 0.6) is 5.75 Å². The lowest BCUT2D eigenvalue weighted by Gasteiger charge is -2.10. The van der Waals surface area contributed by atoms with Crippen LogP contribution in [0.25, 0.3) is 10.8 Å². The number of carbonyl (C=O) groups excluding carboxylic acids is 1. The maximum absolute atomic E-state index is 12.2. The number of benzene rings is 3. The van der Waals surface area contributed by atoms with Gasteiger partial charge >= 0.3 is 0 Å². The molecule has 3 aromatic rings. The predicted octanol–water partition coefficient (Wildman–Crippen LogP) is 3.87. The van der Waals surface area contributed by atoms with Crippen LogP contribution >= 0.6 is 0 Å². The maximum Gasteiger partial charge on any atom is 0.273 e. The second-order valence-corrected chi connectivity index (χ2v) is 5.82. The zero-order valence-corrected chi connectivity index (χ0v) is 14.3. The highest BCUT2D eigenvalue weighted by Crippen LogP contribution is 2.21. The average Bonchev–Trinajstić information content (AvgIpc) is 2.65. The van der Waals surface area contributed by atoms with Crippen LogP contribution < -0.4 is 10.1 Å². The molecule has 3 rings (SSSR count). The number of ether oxygens (including phenoxy) is 1. The molecule has 26 heavy (non-hydrogen) atoms. The van der Waals surface area contributed by atoms with Gasteiger partial charge in [0.25, 0.3) is 11.6 Å². The molecular weight excluding hydrogens is 332 g/mol. The Hall–Kier alpha value is -3.41. The fourth-order valence-electron chi connectivity index (χ4n) is 2.75. The van der Waals surface area contributed by atoms with E-state index in [1.165, 1.54) is 12.1 Å². The van der Waals surface area contributed by atoms with E-state index in [9.17, 15) is 14.9 Å². The third kappa shape index (κ3) is 3.80. The first-order chi connectivity index (χ1) is 12.6. The van der Waals surface area contributed by atoms with Crippen LogP contribution in [0, 0.1) is 17.0 Å². The number of nitro groups is 1. The first-order valence-electron chi connectivity index (χ1n) is 8.20. The Kier molecular flexibility index (Phi) is 5.12. The van der Waals surface area contributed by atoms with E-state index in [0.29, 0.717) is 24.3 Å². The average molecular weight is 350 g/mol. The number of carbonyl (C=O) groups is 1. The molecule has 0 spiro atoms. The predicted molar refractivity (Wildman–Crippen MR) is 99.6 cm³/mol. The molecule has 1 N–H and O–H groups in total. The normalized spacial score (nSPS) is 10.5. The van der Waals surface area contributed by atoms with E-state index >= 15 is 0 Å². The Morgan fingerprint density at radius 2 is 1.85 bits per heavy atom. The van der Waals surface area contributed by atoms with E-state index in [2.05, 4.69) is 5.32 Å². The number of hydrogen-bond donors (Lipinski definition) is 1. The Morgan fingerprint density at radius 1 is 1.08 bits per heavy atom. The molecule has 3 aromatic carbocycles. The summed E-state index contributed by atoms with van der Waals surface area (Å²) in [5.41, 5.74) is 0.584. The van der Waals surface area contributed by atoms with Gasteiger partial charge in [-0.05, 0) is 35.9 Å². The Labute approximate surface area is 150 Å². The van der Waals surface area contributed by atoms with Gasteiger partial charge in [-0.2, -0.15) is 0 Å². The number of nitrogens with zero attached hydrogens (tertiary/aromatic N) is 1. The fraction of sp³-hybridized carbons (Fsp3) is 0.150. The van der Waals surface area contributed by atoms with Crippen molar-refractivity contribution in [2.75, 3.05) is 13.2 Å². The molecule has 0 saturated heterocycles. The number of nitro benzene ring substituents is 1. The maximum atomic E-state index is 12.2. The van der Waals surface area contributed by atoms with Crippen molar-refractivity contribution >= 4 is 22.4 Å². The quantitative estimate of drug-likeness (QED) is 0.416. The molecule has 0 aliphatic rings. The summed E-state index contributed by atoms with van der Waals surface area (Å²) in [6.07, 6.45) is 0. The lowest BCUT2D eigenvalue weighted by Crippen LogP contribution is -2.28.